The smallest absolute Gasteiger partial charge is 0.0923 e. The van der Waals surface area contributed by atoms with Crippen molar-refractivity contribution >= 4 is 19.9 Å². The zero-order chi connectivity index (χ0) is 8.15. The lowest BCUT2D eigenvalue weighted by atomic mass is 10.3. The summed E-state index contributed by atoms with van der Waals surface area (Å²) in [6.45, 7) is 9.24. The van der Waals surface area contributed by atoms with Gasteiger partial charge in [0.25, 0.3) is 0 Å². The van der Waals surface area contributed by atoms with Crippen molar-refractivity contribution in [3.8, 4) is 0 Å². The van der Waals surface area contributed by atoms with Crippen LogP contribution in [0.2, 0.25) is 5.67 Å². The van der Waals surface area contributed by atoms with Crippen molar-refractivity contribution in [1.82, 2.24) is 4.57 Å². The van der Waals surface area contributed by atoms with Crippen molar-refractivity contribution in [2.75, 3.05) is 0 Å². The Kier molecular flexibility index (Phi) is 5.30. The Balaban J connectivity index is 3.73. The highest BCUT2D eigenvalue weighted by Crippen LogP contribution is 2.02. The molecule has 0 rings (SSSR count). The minimum Gasteiger partial charge on any atom is -0.325 e. The Bertz CT molecular complexity index is 75.7. The van der Waals surface area contributed by atoms with E-state index in [1.54, 1.807) is 0 Å². The first kappa shape index (κ1) is 10.4. The molecule has 0 amide bonds. The van der Waals surface area contributed by atoms with E-state index in [2.05, 4.69) is 32.3 Å². The predicted octanol–water partition coefficient (Wildman–Crippen LogP) is -0.0698. The van der Waals surface area contributed by atoms with E-state index in [1.165, 1.54) is 15.9 Å². The molecule has 0 aromatic carbocycles. The lowest BCUT2D eigenvalue weighted by Crippen LogP contribution is -2.39. The van der Waals surface area contributed by atoms with Crippen molar-refractivity contribution in [1.29, 1.82) is 0 Å². The van der Waals surface area contributed by atoms with Crippen LogP contribution in [0.15, 0.2) is 0 Å². The Labute approximate surface area is 70.5 Å². The van der Waals surface area contributed by atoms with Crippen LogP contribution in [0, 0.1) is 0 Å². The van der Waals surface area contributed by atoms with Gasteiger partial charge in [0, 0.05) is 10.2 Å². The molecule has 0 aliphatic rings. The Morgan fingerprint density at radius 3 is 1.70 bits per heavy atom. The van der Waals surface area contributed by atoms with E-state index in [9.17, 15) is 0 Å². The van der Waals surface area contributed by atoms with Gasteiger partial charge in [-0.25, -0.2) is 0 Å². The Morgan fingerprint density at radius 2 is 1.60 bits per heavy atom. The van der Waals surface area contributed by atoms with Crippen molar-refractivity contribution in [2.45, 2.75) is 45.4 Å². The molecule has 0 aromatic heterocycles. The molecule has 0 aromatic rings. The van der Waals surface area contributed by atoms with Gasteiger partial charge in [-0.15, -0.1) is 0 Å². The van der Waals surface area contributed by atoms with Crippen LogP contribution in [-0.4, -0.2) is 36.6 Å². The monoisotopic (exact) mass is 175 g/mol. The summed E-state index contributed by atoms with van der Waals surface area (Å²) in [5, 5.41) is 0. The van der Waals surface area contributed by atoms with Gasteiger partial charge in [0.1, 0.15) is 0 Å². The summed E-state index contributed by atoms with van der Waals surface area (Å²) in [6.07, 6.45) is 0. The summed E-state index contributed by atoms with van der Waals surface area (Å²) in [6, 6.07) is 1.56. The number of hydrogen-bond acceptors (Lipinski definition) is 1. The highest BCUT2D eigenvalue weighted by Gasteiger charge is 2.10. The molecule has 0 aliphatic heterocycles. The number of nitrogens with zero attached hydrogens (tertiary/aromatic N) is 1. The summed E-state index contributed by atoms with van der Waals surface area (Å²) in [5.41, 5.74) is 1.54. The van der Waals surface area contributed by atoms with Crippen LogP contribution in [-0.2, 0) is 0 Å². The van der Waals surface area contributed by atoms with Gasteiger partial charge in [-0.3, -0.25) is 0 Å². The first-order valence-corrected chi connectivity index (χ1v) is 7.40. The summed E-state index contributed by atoms with van der Waals surface area (Å²) in [5.74, 6) is 0. The molecule has 0 atom stereocenters. The topological polar surface area (TPSA) is 3.24 Å². The second-order valence-electron chi connectivity index (χ2n) is 3.43. The standard InChI is InChI=1S/C7H21NSi2/c1-6(2)8(7(3)4)10-5-9/h6-7H,5,10H2,1-4,9H3. The van der Waals surface area contributed by atoms with E-state index in [-0.39, 0.29) is 9.68 Å². The average Bonchev–Trinajstić information content (AvgIpc) is 1.81. The fraction of sp³-hybridized carbons (Fsp3) is 1.00. The summed E-state index contributed by atoms with van der Waals surface area (Å²) in [7, 11) is 1.53. The second-order valence-corrected chi connectivity index (χ2v) is 8.60. The summed E-state index contributed by atoms with van der Waals surface area (Å²) < 4.78 is 2.69. The van der Waals surface area contributed by atoms with Crippen LogP contribution in [0.4, 0.5) is 0 Å². The Hall–Kier alpha value is 0.394. The van der Waals surface area contributed by atoms with Gasteiger partial charge in [-0.1, -0.05) is 33.4 Å². The lowest BCUT2D eigenvalue weighted by Gasteiger charge is -2.30. The quantitative estimate of drug-likeness (QED) is 0.541. The number of hydrogen-bond donors (Lipinski definition) is 0. The summed E-state index contributed by atoms with van der Waals surface area (Å²) in [4.78, 5) is 0. The van der Waals surface area contributed by atoms with Gasteiger partial charge < -0.3 is 4.57 Å². The Morgan fingerprint density at radius 1 is 1.20 bits per heavy atom. The van der Waals surface area contributed by atoms with Gasteiger partial charge in [-0.05, 0) is 12.1 Å². The van der Waals surface area contributed by atoms with Crippen molar-refractivity contribution in [3.05, 3.63) is 0 Å². The zero-order valence-corrected chi connectivity index (χ0v) is 11.4. The van der Waals surface area contributed by atoms with Crippen molar-refractivity contribution < 1.29 is 0 Å². The largest absolute Gasteiger partial charge is 0.325 e. The minimum atomic E-state index is 0.136. The summed E-state index contributed by atoms with van der Waals surface area (Å²) >= 11 is 0. The van der Waals surface area contributed by atoms with Crippen LogP contribution in [0.3, 0.4) is 0 Å². The maximum absolute atomic E-state index is 2.69. The molecule has 0 spiro atoms. The molecular formula is C7H21NSi2. The van der Waals surface area contributed by atoms with Crippen molar-refractivity contribution in [2.24, 2.45) is 0 Å². The first-order chi connectivity index (χ1) is 4.59. The molecule has 62 valence electrons. The van der Waals surface area contributed by atoms with Crippen molar-refractivity contribution in [3.63, 3.8) is 0 Å². The first-order valence-electron chi connectivity index (χ1n) is 4.35. The lowest BCUT2D eigenvalue weighted by molar-refractivity contribution is 0.313. The zero-order valence-electron chi connectivity index (χ0n) is 8.02. The van der Waals surface area contributed by atoms with Gasteiger partial charge in [0.05, 0.1) is 9.68 Å². The third-order valence-corrected chi connectivity index (χ3v) is 5.57. The molecule has 3 heteroatoms. The van der Waals surface area contributed by atoms with Crippen LogP contribution in [0.25, 0.3) is 0 Å². The maximum Gasteiger partial charge on any atom is 0.0923 e. The van der Waals surface area contributed by atoms with E-state index in [1.807, 2.05) is 0 Å². The van der Waals surface area contributed by atoms with Gasteiger partial charge >= 0.3 is 0 Å². The van der Waals surface area contributed by atoms with Crippen LogP contribution >= 0.6 is 0 Å². The van der Waals surface area contributed by atoms with E-state index in [0.717, 1.165) is 12.1 Å². The highest BCUT2D eigenvalue weighted by molar-refractivity contribution is 6.44. The molecule has 0 bridgehead atoms. The average molecular weight is 175 g/mol. The van der Waals surface area contributed by atoms with E-state index >= 15 is 0 Å². The second kappa shape index (κ2) is 5.10. The molecule has 0 saturated heterocycles. The van der Waals surface area contributed by atoms with Gasteiger partial charge in [0.15, 0.2) is 0 Å². The van der Waals surface area contributed by atoms with E-state index in [4.69, 9.17) is 0 Å². The molecule has 0 radical (unpaired) electrons. The molecular weight excluding hydrogens is 154 g/mol. The fourth-order valence-corrected chi connectivity index (χ4v) is 4.47. The normalized spacial score (nSPS) is 13.5. The molecule has 0 unspecified atom stereocenters. The van der Waals surface area contributed by atoms with Gasteiger partial charge in [0.2, 0.25) is 0 Å². The third kappa shape index (κ3) is 3.53. The predicted molar refractivity (Wildman–Crippen MR) is 55.4 cm³/mol. The molecule has 0 heterocycles. The van der Waals surface area contributed by atoms with Crippen LogP contribution in [0.1, 0.15) is 27.7 Å². The third-order valence-electron chi connectivity index (χ3n) is 1.81. The van der Waals surface area contributed by atoms with E-state index in [0.29, 0.717) is 0 Å². The van der Waals surface area contributed by atoms with E-state index < -0.39 is 0 Å². The van der Waals surface area contributed by atoms with Gasteiger partial charge in [-0.2, -0.15) is 0 Å². The highest BCUT2D eigenvalue weighted by atomic mass is 28.3. The minimum absolute atomic E-state index is 0.136. The molecule has 0 aliphatic carbocycles. The fourth-order valence-electron chi connectivity index (χ4n) is 1.37. The molecule has 1 nitrogen and oxygen atoms in total. The maximum atomic E-state index is 2.69. The number of rotatable bonds is 4. The molecule has 10 heavy (non-hydrogen) atoms. The molecule has 0 saturated carbocycles. The van der Waals surface area contributed by atoms with Crippen LogP contribution in [0.5, 0.6) is 0 Å². The SMILES string of the molecule is CC(C)N([SiH2]C[SiH3])C(C)C. The van der Waals surface area contributed by atoms with Crippen LogP contribution < -0.4 is 0 Å². The molecule has 0 fully saturated rings. The molecule has 0 N–H and O–H groups in total.